The van der Waals surface area contributed by atoms with Gasteiger partial charge in [-0.25, -0.2) is 0 Å². The minimum Gasteiger partial charge on any atom is -0.453 e. The van der Waals surface area contributed by atoms with Crippen molar-refractivity contribution in [2.45, 2.75) is 64.4 Å². The average molecular weight is 399 g/mol. The van der Waals surface area contributed by atoms with Gasteiger partial charge in [0.25, 0.3) is 0 Å². The molecule has 5 fully saturated rings. The zero-order valence-electron chi connectivity index (χ0n) is 17.0. The normalized spacial score (nSPS) is 40.9. The van der Waals surface area contributed by atoms with Crippen molar-refractivity contribution in [1.29, 1.82) is 0 Å². The van der Waals surface area contributed by atoms with Gasteiger partial charge in [-0.05, 0) is 76.0 Å². The highest BCUT2D eigenvalue weighted by molar-refractivity contribution is 6.07. The van der Waals surface area contributed by atoms with Crippen LogP contribution >= 0.6 is 0 Å². The summed E-state index contributed by atoms with van der Waals surface area (Å²) >= 11 is 0. The summed E-state index contributed by atoms with van der Waals surface area (Å²) in [5.74, 6) is 0.0194. The van der Waals surface area contributed by atoms with E-state index in [1.807, 2.05) is 12.2 Å². The van der Waals surface area contributed by atoms with Crippen molar-refractivity contribution < 1.29 is 23.9 Å². The molecule has 1 heterocycles. The first-order chi connectivity index (χ1) is 13.9. The number of hydrogen-bond acceptors (Lipinski definition) is 5. The van der Waals surface area contributed by atoms with Gasteiger partial charge in [-0.3, -0.25) is 24.1 Å². The summed E-state index contributed by atoms with van der Waals surface area (Å²) in [6, 6.07) is 0. The number of carbonyl (C=O) groups excluding carboxylic acids is 4. The summed E-state index contributed by atoms with van der Waals surface area (Å²) in [5.41, 5.74) is -0.325. The summed E-state index contributed by atoms with van der Waals surface area (Å²) in [5, 5.41) is 0. The second kappa shape index (κ2) is 6.78. The molecule has 4 saturated carbocycles. The Morgan fingerprint density at radius 1 is 1.00 bits per heavy atom. The Morgan fingerprint density at radius 2 is 1.48 bits per heavy atom. The monoisotopic (exact) mass is 399 g/mol. The number of ether oxygens (including phenoxy) is 1. The molecule has 0 aromatic rings. The van der Waals surface area contributed by atoms with Crippen LogP contribution in [0, 0.1) is 35.0 Å². The Balaban J connectivity index is 1.22. The van der Waals surface area contributed by atoms with Crippen molar-refractivity contribution in [2.75, 3.05) is 6.54 Å². The second-order valence-corrected chi connectivity index (χ2v) is 10.1. The van der Waals surface area contributed by atoms with Gasteiger partial charge in [0.2, 0.25) is 11.8 Å². The number of hydrogen-bond donors (Lipinski definition) is 0. The van der Waals surface area contributed by atoms with E-state index in [1.54, 1.807) is 6.92 Å². The summed E-state index contributed by atoms with van der Waals surface area (Å²) < 4.78 is 5.46. The van der Waals surface area contributed by atoms with Crippen LogP contribution in [0.1, 0.15) is 58.3 Å². The van der Waals surface area contributed by atoms with E-state index in [0.29, 0.717) is 30.6 Å². The predicted molar refractivity (Wildman–Crippen MR) is 103 cm³/mol. The number of Topliss-reactive ketones (excluding diaryl/α,β-unsaturated/α-hetero) is 1. The number of nitrogens with zero attached hydrogens (tertiary/aromatic N) is 1. The molecule has 29 heavy (non-hydrogen) atoms. The number of carbonyl (C=O) groups is 4. The number of ketones is 1. The van der Waals surface area contributed by atoms with E-state index in [9.17, 15) is 19.2 Å². The molecule has 6 nitrogen and oxygen atoms in total. The predicted octanol–water partition coefficient (Wildman–Crippen LogP) is 2.65. The van der Waals surface area contributed by atoms with Crippen LogP contribution in [0.15, 0.2) is 12.2 Å². The number of fused-ring (bicyclic) bond motifs is 1. The molecule has 156 valence electrons. The number of allylic oxidation sites excluding steroid dienone is 2. The summed E-state index contributed by atoms with van der Waals surface area (Å²) in [7, 11) is 0. The first-order valence-corrected chi connectivity index (χ1v) is 11.1. The molecule has 0 N–H and O–H groups in total. The van der Waals surface area contributed by atoms with E-state index in [0.717, 1.165) is 24.2 Å². The Hall–Kier alpha value is -1.98. The second-order valence-electron chi connectivity index (χ2n) is 10.1. The van der Waals surface area contributed by atoms with Crippen LogP contribution in [0.2, 0.25) is 0 Å². The number of rotatable bonds is 5. The SMILES string of the molecule is C[C@H](OC(=O)CN1C(=O)[C@@H]2CC=CC[C@H]2C1=O)C(=O)C12CC3CC(CC(C3)C1)C2. The molecule has 1 aliphatic heterocycles. The number of amides is 2. The van der Waals surface area contributed by atoms with Crippen LogP contribution in [0.25, 0.3) is 0 Å². The lowest BCUT2D eigenvalue weighted by atomic mass is 9.48. The Labute approximate surface area is 171 Å². The fourth-order valence-corrected chi connectivity index (χ4v) is 7.29. The van der Waals surface area contributed by atoms with Gasteiger partial charge < -0.3 is 4.74 Å². The van der Waals surface area contributed by atoms with E-state index in [2.05, 4.69) is 0 Å². The summed E-state index contributed by atoms with van der Waals surface area (Å²) in [4.78, 5) is 51.9. The third-order valence-corrected chi connectivity index (χ3v) is 8.12. The lowest BCUT2D eigenvalue weighted by Crippen LogP contribution is -2.53. The summed E-state index contributed by atoms with van der Waals surface area (Å²) in [6.45, 7) is 1.26. The number of likely N-dealkylation sites (tertiary alicyclic amines) is 1. The zero-order chi connectivity index (χ0) is 20.3. The van der Waals surface area contributed by atoms with Crippen LogP contribution in [0.4, 0.5) is 0 Å². The first-order valence-electron chi connectivity index (χ1n) is 11.1. The van der Waals surface area contributed by atoms with E-state index in [4.69, 9.17) is 4.74 Å². The number of imide groups is 1. The smallest absolute Gasteiger partial charge is 0.326 e. The van der Waals surface area contributed by atoms with Crippen LogP contribution < -0.4 is 0 Å². The van der Waals surface area contributed by atoms with E-state index >= 15 is 0 Å². The molecule has 0 unspecified atom stereocenters. The van der Waals surface area contributed by atoms with Crippen molar-refractivity contribution in [3.63, 3.8) is 0 Å². The Morgan fingerprint density at radius 3 is 1.97 bits per heavy atom. The standard InChI is InChI=1S/C23H29NO5/c1-13(20(26)23-9-14-6-15(10-23)8-16(7-14)11-23)29-19(25)12-24-21(27)17-4-2-3-5-18(17)22(24)28/h2-3,13-18H,4-12H2,1H3/t13-,14?,15?,16?,17+,18+,23?/m0/s1. The van der Waals surface area contributed by atoms with Crippen molar-refractivity contribution in [1.82, 2.24) is 4.90 Å². The number of esters is 1. The molecule has 0 aromatic heterocycles. The van der Waals surface area contributed by atoms with Crippen LogP contribution in [-0.4, -0.2) is 41.1 Å². The highest BCUT2D eigenvalue weighted by Gasteiger charge is 2.55. The molecular formula is C23H29NO5. The van der Waals surface area contributed by atoms with Crippen molar-refractivity contribution in [3.05, 3.63) is 12.2 Å². The third-order valence-electron chi connectivity index (χ3n) is 8.12. The van der Waals surface area contributed by atoms with Crippen molar-refractivity contribution in [2.24, 2.45) is 35.0 Å². The lowest BCUT2D eigenvalue weighted by molar-refractivity contribution is -0.167. The maximum Gasteiger partial charge on any atom is 0.326 e. The van der Waals surface area contributed by atoms with Crippen molar-refractivity contribution in [3.8, 4) is 0 Å². The van der Waals surface area contributed by atoms with Crippen LogP contribution in [-0.2, 0) is 23.9 Å². The first kappa shape index (κ1) is 19.0. The van der Waals surface area contributed by atoms with Gasteiger partial charge in [-0.2, -0.15) is 0 Å². The fraction of sp³-hybridized carbons (Fsp3) is 0.739. The van der Waals surface area contributed by atoms with Crippen LogP contribution in [0.5, 0.6) is 0 Å². The minimum atomic E-state index is -0.824. The average Bonchev–Trinajstić information content (AvgIpc) is 2.91. The molecule has 4 bridgehead atoms. The maximum absolute atomic E-state index is 13.3. The molecule has 6 rings (SSSR count). The minimum absolute atomic E-state index is 0.0434. The van der Waals surface area contributed by atoms with Crippen molar-refractivity contribution >= 4 is 23.6 Å². The Kier molecular flexibility index (Phi) is 4.44. The maximum atomic E-state index is 13.3. The van der Waals surface area contributed by atoms with Gasteiger partial charge in [0.05, 0.1) is 11.8 Å². The molecule has 5 aliphatic carbocycles. The molecule has 1 saturated heterocycles. The third kappa shape index (κ3) is 3.06. The van der Waals surface area contributed by atoms with E-state index in [-0.39, 0.29) is 41.4 Å². The van der Waals surface area contributed by atoms with Gasteiger partial charge in [-0.1, -0.05) is 12.2 Å². The molecule has 6 heteroatoms. The molecule has 6 aliphatic rings. The molecule has 0 radical (unpaired) electrons. The molecule has 2 amide bonds. The Bertz CT molecular complexity index is 738. The highest BCUT2D eigenvalue weighted by atomic mass is 16.5. The quantitative estimate of drug-likeness (QED) is 0.403. The van der Waals surface area contributed by atoms with Gasteiger partial charge in [-0.15, -0.1) is 0 Å². The van der Waals surface area contributed by atoms with E-state index in [1.165, 1.54) is 19.3 Å². The molecule has 3 atom stereocenters. The van der Waals surface area contributed by atoms with Gasteiger partial charge in [0.15, 0.2) is 11.9 Å². The fourth-order valence-electron chi connectivity index (χ4n) is 7.29. The van der Waals surface area contributed by atoms with E-state index < -0.39 is 12.1 Å². The summed E-state index contributed by atoms with van der Waals surface area (Å²) in [6.07, 6.45) is 10.6. The lowest BCUT2D eigenvalue weighted by Gasteiger charge is -2.56. The van der Waals surface area contributed by atoms with Gasteiger partial charge in [0.1, 0.15) is 6.54 Å². The van der Waals surface area contributed by atoms with Gasteiger partial charge >= 0.3 is 5.97 Å². The van der Waals surface area contributed by atoms with Gasteiger partial charge in [0, 0.05) is 5.41 Å². The zero-order valence-corrected chi connectivity index (χ0v) is 17.0. The molecule has 0 spiro atoms. The van der Waals surface area contributed by atoms with Crippen LogP contribution in [0.3, 0.4) is 0 Å². The highest BCUT2D eigenvalue weighted by Crippen LogP contribution is 2.60. The topological polar surface area (TPSA) is 80.8 Å². The molecule has 0 aromatic carbocycles. The molecular weight excluding hydrogens is 370 g/mol. The largest absolute Gasteiger partial charge is 0.453 e.